The van der Waals surface area contributed by atoms with Gasteiger partial charge in [-0.05, 0) is 0 Å². The normalized spacial score (nSPS) is 12.7. The van der Waals surface area contributed by atoms with Crippen LogP contribution in [0.15, 0.2) is 36.4 Å². The van der Waals surface area contributed by atoms with Crippen LogP contribution in [0.5, 0.6) is 5.75 Å². The van der Waals surface area contributed by atoms with Crippen molar-refractivity contribution in [3.63, 3.8) is 0 Å². The monoisotopic (exact) mass is 437 g/mol. The number of carboxylic acid groups (broad SMARTS) is 1. The fourth-order valence-corrected chi connectivity index (χ4v) is 4.60. The van der Waals surface area contributed by atoms with Gasteiger partial charge in [0.15, 0.2) is 0 Å². The summed E-state index contributed by atoms with van der Waals surface area (Å²) in [5.74, 6) is -3.28. The zero-order chi connectivity index (χ0) is 20.4. The number of phenolic OH excluding ortho intramolecular Hbond substituents is 1. The van der Waals surface area contributed by atoms with Crippen LogP contribution in [-0.2, 0) is 12.3 Å². The molecule has 0 aliphatic heterocycles. The number of nitrogens with one attached hydrogen (secondary N) is 1. The number of phenols is 1. The van der Waals surface area contributed by atoms with Gasteiger partial charge < -0.3 is 0 Å². The van der Waals surface area contributed by atoms with E-state index in [9.17, 15) is 27.3 Å². The maximum atomic E-state index is 12.6. The molecular weight excluding hydrogens is 421 g/mol. The van der Waals surface area contributed by atoms with Gasteiger partial charge in [0.25, 0.3) is 0 Å². The Morgan fingerprint density at radius 3 is 2.37 bits per heavy atom. The molecule has 9 nitrogen and oxygen atoms in total. The molecule has 0 aromatic heterocycles. The number of aryl methyl sites for hydroxylation is 1. The summed E-state index contributed by atoms with van der Waals surface area (Å²) in [5.41, 5.74) is -0.125. The first-order chi connectivity index (χ1) is 12.5. The van der Waals surface area contributed by atoms with E-state index in [1.165, 1.54) is 19.1 Å². The Morgan fingerprint density at radius 2 is 1.78 bits per heavy atom. The second-order valence-corrected chi connectivity index (χ2v) is 9.19. The molecule has 0 bridgehead atoms. The fraction of sp³-hybridized carbons (Fsp3) is 0.118. The number of benzene rings is 2. The predicted molar refractivity (Wildman–Crippen MR) is 94.3 cm³/mol. The van der Waals surface area contributed by atoms with Gasteiger partial charge in [0, 0.05) is 0 Å². The number of anilines is 1. The van der Waals surface area contributed by atoms with E-state index in [4.69, 9.17) is 8.83 Å². The van der Waals surface area contributed by atoms with E-state index in [1.54, 1.807) is 0 Å². The van der Waals surface area contributed by atoms with E-state index in [0.717, 1.165) is 31.2 Å². The number of amides is 1. The summed E-state index contributed by atoms with van der Waals surface area (Å²) in [5, 5.41) is 20.9. The Balaban J connectivity index is 2.38. The molecule has 0 heterocycles. The van der Waals surface area contributed by atoms with Gasteiger partial charge in [-0.3, -0.25) is 0 Å². The number of carboxylic acids is 1. The van der Waals surface area contributed by atoms with Gasteiger partial charge in [0.1, 0.15) is 0 Å². The molecule has 2 rings (SSSR count). The summed E-state index contributed by atoms with van der Waals surface area (Å²) in [6, 6.07) is 6.90. The Bertz CT molecular complexity index is 985. The Hall–Kier alpha value is -3.03. The van der Waals surface area contributed by atoms with Crippen LogP contribution in [0, 0.1) is 6.92 Å². The molecule has 0 spiro atoms. The van der Waals surface area contributed by atoms with Gasteiger partial charge in [-0.15, -0.1) is 0 Å². The molecule has 1 unspecified atom stereocenters. The summed E-state index contributed by atoms with van der Waals surface area (Å²) in [7, 11) is 0. The molecule has 0 fully saturated rings. The van der Waals surface area contributed by atoms with E-state index in [1.807, 2.05) is 0 Å². The molecular formula is C17H16AsNO8. The Morgan fingerprint density at radius 1 is 1.11 bits per heavy atom. The van der Waals surface area contributed by atoms with Gasteiger partial charge in [0.05, 0.1) is 0 Å². The second kappa shape index (κ2) is 7.69. The minimum atomic E-state index is -5.49. The van der Waals surface area contributed by atoms with E-state index in [2.05, 4.69) is 5.32 Å². The van der Waals surface area contributed by atoms with Crippen molar-refractivity contribution in [1.29, 1.82) is 0 Å². The van der Waals surface area contributed by atoms with Crippen molar-refractivity contribution in [2.45, 2.75) is 13.8 Å². The quantitative estimate of drug-likeness (QED) is 0.502. The second-order valence-electron chi connectivity index (χ2n) is 5.62. The van der Waals surface area contributed by atoms with Crippen molar-refractivity contribution < 1.29 is 36.2 Å². The molecule has 0 aliphatic rings. The van der Waals surface area contributed by atoms with Crippen LogP contribution in [0.4, 0.5) is 5.69 Å². The molecule has 1 atom stereocenters. The standard InChI is InChI=1S/C17H16AsNO8/c1-9-3-4-11(7-13(9)16(22)23)17(24)27-18(25,26)14-6-5-12(21)8-15(14)19-10(2)20/h3-8,21H,1-2H3,(H,19,20)(H,22,23)(H,25,26). The number of aromatic carboxylic acids is 1. The summed E-state index contributed by atoms with van der Waals surface area (Å²) >= 11 is -5.49. The zero-order valence-electron chi connectivity index (χ0n) is 14.3. The third-order valence-electron chi connectivity index (χ3n) is 3.51. The Labute approximate surface area is 156 Å². The average Bonchev–Trinajstić information content (AvgIpc) is 2.53. The number of hydrogen-bond donors (Lipinski definition) is 4. The van der Waals surface area contributed by atoms with Crippen molar-refractivity contribution in [1.82, 2.24) is 0 Å². The van der Waals surface area contributed by atoms with Crippen molar-refractivity contribution in [2.24, 2.45) is 0 Å². The molecule has 1 amide bonds. The van der Waals surface area contributed by atoms with Crippen LogP contribution in [-0.4, -0.2) is 46.3 Å². The summed E-state index contributed by atoms with van der Waals surface area (Å²) in [6.45, 7) is 2.70. The first-order valence-corrected chi connectivity index (χ1v) is 10.8. The topological polar surface area (TPSA) is 150 Å². The van der Waals surface area contributed by atoms with Crippen molar-refractivity contribution in [3.05, 3.63) is 53.1 Å². The molecule has 0 saturated heterocycles. The molecule has 0 radical (unpaired) electrons. The first kappa shape index (κ1) is 20.3. The van der Waals surface area contributed by atoms with Crippen LogP contribution in [0.3, 0.4) is 0 Å². The molecule has 0 saturated carbocycles. The predicted octanol–water partition coefficient (Wildman–Crippen LogP) is 0.783. The van der Waals surface area contributed by atoms with Crippen molar-refractivity contribution >= 4 is 42.1 Å². The maximum absolute atomic E-state index is 12.6. The van der Waals surface area contributed by atoms with Crippen LogP contribution in [0.25, 0.3) is 0 Å². The number of rotatable bonds is 5. The molecule has 2 aromatic rings. The zero-order valence-corrected chi connectivity index (χ0v) is 16.2. The third kappa shape index (κ3) is 4.78. The van der Waals surface area contributed by atoms with Gasteiger partial charge in [-0.1, -0.05) is 0 Å². The molecule has 27 heavy (non-hydrogen) atoms. The number of hydrogen-bond acceptors (Lipinski definition) is 6. The minimum absolute atomic E-state index is 0.145. The van der Waals surface area contributed by atoms with Gasteiger partial charge >= 0.3 is 156 Å². The molecule has 2 aromatic carbocycles. The number of aromatic hydroxyl groups is 1. The van der Waals surface area contributed by atoms with E-state index < -0.39 is 32.0 Å². The summed E-state index contributed by atoms with van der Waals surface area (Å²) < 4.78 is 27.3. The fourth-order valence-electron chi connectivity index (χ4n) is 2.25. The average molecular weight is 437 g/mol. The van der Waals surface area contributed by atoms with Crippen molar-refractivity contribution in [3.8, 4) is 5.75 Å². The van der Waals surface area contributed by atoms with E-state index in [-0.39, 0.29) is 26.9 Å². The number of carbonyl (C=O) groups excluding carboxylic acids is 2. The van der Waals surface area contributed by atoms with Crippen LogP contribution >= 0.6 is 0 Å². The number of carbonyl (C=O) groups is 3. The molecule has 10 heteroatoms. The van der Waals surface area contributed by atoms with Crippen molar-refractivity contribution in [2.75, 3.05) is 5.32 Å². The Kier molecular flexibility index (Phi) is 5.78. The first-order valence-electron chi connectivity index (χ1n) is 7.53. The molecule has 0 aliphatic carbocycles. The summed E-state index contributed by atoms with van der Waals surface area (Å²) in [4.78, 5) is 34.7. The van der Waals surface area contributed by atoms with Crippen LogP contribution in [0.2, 0.25) is 0 Å². The van der Waals surface area contributed by atoms with Crippen LogP contribution in [0.1, 0.15) is 33.2 Å². The third-order valence-corrected chi connectivity index (χ3v) is 6.47. The van der Waals surface area contributed by atoms with Gasteiger partial charge in [-0.25, -0.2) is 0 Å². The van der Waals surface area contributed by atoms with E-state index in [0.29, 0.717) is 5.56 Å². The van der Waals surface area contributed by atoms with Gasteiger partial charge in [0.2, 0.25) is 0 Å². The summed E-state index contributed by atoms with van der Waals surface area (Å²) in [6.07, 6.45) is 0. The van der Waals surface area contributed by atoms with E-state index >= 15 is 0 Å². The van der Waals surface area contributed by atoms with Gasteiger partial charge in [-0.2, -0.15) is 0 Å². The van der Waals surface area contributed by atoms with Crippen LogP contribution < -0.4 is 9.67 Å². The molecule has 142 valence electrons. The molecule has 4 N–H and O–H groups in total. The SMILES string of the molecule is CC(=O)Nc1cc(O)ccc1[As](=O)(O)OC(=O)c1ccc(C)c(C(=O)O)c1.